The molecule has 88 valence electrons. The normalized spacial score (nSPS) is 10.2. The minimum atomic E-state index is 0.572. The topological polar surface area (TPSA) is 63.8 Å². The Kier molecular flexibility index (Phi) is 3.55. The number of nitrogens with zero attached hydrogens (tertiary/aromatic N) is 2. The van der Waals surface area contributed by atoms with Crippen molar-refractivity contribution in [3.05, 3.63) is 47.8 Å². The van der Waals surface area contributed by atoms with Crippen LogP contribution in [0.25, 0.3) is 0 Å². The number of anilines is 2. The third-order valence-corrected chi connectivity index (χ3v) is 2.55. The third-order valence-electron chi connectivity index (χ3n) is 2.55. The first-order valence-electron chi connectivity index (χ1n) is 5.67. The highest BCUT2D eigenvalue weighted by Gasteiger charge is 1.96. The molecule has 0 saturated heterocycles. The molecule has 0 spiro atoms. The van der Waals surface area contributed by atoms with Crippen LogP contribution in [0.3, 0.4) is 0 Å². The van der Waals surface area contributed by atoms with Crippen LogP contribution in [-0.4, -0.2) is 9.97 Å². The molecule has 0 aliphatic rings. The summed E-state index contributed by atoms with van der Waals surface area (Å²) in [7, 11) is 0. The van der Waals surface area contributed by atoms with Crippen molar-refractivity contribution in [3.8, 4) is 0 Å². The van der Waals surface area contributed by atoms with Crippen LogP contribution >= 0.6 is 0 Å². The van der Waals surface area contributed by atoms with Crippen molar-refractivity contribution >= 4 is 11.6 Å². The molecule has 0 aliphatic heterocycles. The first-order chi connectivity index (χ1) is 8.28. The molecule has 0 bridgehead atoms. The van der Waals surface area contributed by atoms with E-state index in [1.165, 1.54) is 11.1 Å². The van der Waals surface area contributed by atoms with Crippen LogP contribution in [0.15, 0.2) is 36.7 Å². The molecule has 4 nitrogen and oxygen atoms in total. The van der Waals surface area contributed by atoms with Crippen molar-refractivity contribution in [2.45, 2.75) is 19.9 Å². The van der Waals surface area contributed by atoms with Gasteiger partial charge in [-0.2, -0.15) is 0 Å². The summed E-state index contributed by atoms with van der Waals surface area (Å²) in [6.07, 6.45) is 4.25. The van der Waals surface area contributed by atoms with Crippen molar-refractivity contribution < 1.29 is 0 Å². The van der Waals surface area contributed by atoms with E-state index in [0.29, 0.717) is 18.2 Å². The van der Waals surface area contributed by atoms with Crippen LogP contribution in [0.2, 0.25) is 0 Å². The van der Waals surface area contributed by atoms with Gasteiger partial charge < -0.3 is 11.1 Å². The zero-order valence-electron chi connectivity index (χ0n) is 9.85. The Labute approximate surface area is 101 Å². The monoisotopic (exact) mass is 228 g/mol. The van der Waals surface area contributed by atoms with Gasteiger partial charge in [-0.1, -0.05) is 31.2 Å². The molecule has 3 N–H and O–H groups in total. The first-order valence-corrected chi connectivity index (χ1v) is 5.67. The highest BCUT2D eigenvalue weighted by atomic mass is 15.1. The summed E-state index contributed by atoms with van der Waals surface area (Å²) in [4.78, 5) is 8.16. The zero-order valence-corrected chi connectivity index (χ0v) is 9.85. The second-order valence-electron chi connectivity index (χ2n) is 3.86. The molecule has 1 heterocycles. The Bertz CT molecular complexity index is 462. The zero-order chi connectivity index (χ0) is 12.1. The maximum atomic E-state index is 5.51. The van der Waals surface area contributed by atoms with Gasteiger partial charge in [0.15, 0.2) is 0 Å². The minimum Gasteiger partial charge on any atom is -0.396 e. The molecule has 0 amide bonds. The van der Waals surface area contributed by atoms with E-state index >= 15 is 0 Å². The summed E-state index contributed by atoms with van der Waals surface area (Å²) >= 11 is 0. The Hall–Kier alpha value is -2.10. The van der Waals surface area contributed by atoms with Gasteiger partial charge in [0.1, 0.15) is 0 Å². The lowest BCUT2D eigenvalue weighted by Gasteiger charge is -2.05. The van der Waals surface area contributed by atoms with Crippen LogP contribution in [0, 0.1) is 0 Å². The van der Waals surface area contributed by atoms with E-state index in [1.54, 1.807) is 12.4 Å². The summed E-state index contributed by atoms with van der Waals surface area (Å²) in [6.45, 7) is 2.86. The SMILES string of the molecule is CCc1ccc(CNc2ncc(N)cn2)cc1. The summed E-state index contributed by atoms with van der Waals surface area (Å²) in [5, 5.41) is 3.15. The van der Waals surface area contributed by atoms with Crippen molar-refractivity contribution in [2.24, 2.45) is 0 Å². The molecule has 0 aliphatic carbocycles. The first kappa shape index (κ1) is 11.4. The maximum absolute atomic E-state index is 5.51. The lowest BCUT2D eigenvalue weighted by molar-refractivity contribution is 1.05. The Morgan fingerprint density at radius 3 is 2.24 bits per heavy atom. The number of nitrogens with one attached hydrogen (secondary N) is 1. The van der Waals surface area contributed by atoms with Gasteiger partial charge in [0.2, 0.25) is 5.95 Å². The summed E-state index contributed by atoms with van der Waals surface area (Å²) < 4.78 is 0. The van der Waals surface area contributed by atoms with Crippen molar-refractivity contribution in [1.82, 2.24) is 9.97 Å². The number of aryl methyl sites for hydroxylation is 1. The number of rotatable bonds is 4. The predicted molar refractivity (Wildman–Crippen MR) is 69.6 cm³/mol. The van der Waals surface area contributed by atoms with Gasteiger partial charge in [-0.3, -0.25) is 0 Å². The van der Waals surface area contributed by atoms with E-state index in [1.807, 2.05) is 0 Å². The maximum Gasteiger partial charge on any atom is 0.222 e. The molecule has 0 atom stereocenters. The largest absolute Gasteiger partial charge is 0.396 e. The number of hydrogen-bond donors (Lipinski definition) is 2. The van der Waals surface area contributed by atoms with Gasteiger partial charge in [0, 0.05) is 6.54 Å². The molecular weight excluding hydrogens is 212 g/mol. The summed E-state index contributed by atoms with van der Waals surface area (Å²) in [5.74, 6) is 0.596. The lowest BCUT2D eigenvalue weighted by Crippen LogP contribution is -2.03. The van der Waals surface area contributed by atoms with E-state index < -0.39 is 0 Å². The Morgan fingerprint density at radius 2 is 1.65 bits per heavy atom. The lowest BCUT2D eigenvalue weighted by atomic mass is 10.1. The van der Waals surface area contributed by atoms with Gasteiger partial charge in [-0.25, -0.2) is 9.97 Å². The van der Waals surface area contributed by atoms with Crippen LogP contribution in [0.1, 0.15) is 18.1 Å². The molecular formula is C13H16N4. The Morgan fingerprint density at radius 1 is 1.06 bits per heavy atom. The molecule has 0 radical (unpaired) electrons. The highest BCUT2D eigenvalue weighted by molar-refractivity contribution is 5.36. The smallest absolute Gasteiger partial charge is 0.222 e. The van der Waals surface area contributed by atoms with E-state index in [-0.39, 0.29) is 0 Å². The van der Waals surface area contributed by atoms with Crippen molar-refractivity contribution in [2.75, 3.05) is 11.1 Å². The molecule has 4 heteroatoms. The molecule has 0 saturated carbocycles. The van der Waals surface area contributed by atoms with Crippen LogP contribution in [0.5, 0.6) is 0 Å². The molecule has 1 aromatic carbocycles. The molecule has 1 aromatic heterocycles. The van der Waals surface area contributed by atoms with Gasteiger partial charge >= 0.3 is 0 Å². The van der Waals surface area contributed by atoms with E-state index in [4.69, 9.17) is 5.73 Å². The molecule has 17 heavy (non-hydrogen) atoms. The standard InChI is InChI=1S/C13H16N4/c1-2-10-3-5-11(6-4-10)7-15-13-16-8-12(14)9-17-13/h3-6,8-9H,2,7,14H2,1H3,(H,15,16,17). The van der Waals surface area contributed by atoms with Crippen molar-refractivity contribution in [1.29, 1.82) is 0 Å². The third kappa shape index (κ3) is 3.17. The fourth-order valence-electron chi connectivity index (χ4n) is 1.50. The van der Waals surface area contributed by atoms with Gasteiger partial charge in [-0.05, 0) is 17.5 Å². The van der Waals surface area contributed by atoms with Crippen LogP contribution in [-0.2, 0) is 13.0 Å². The fraction of sp³-hybridized carbons (Fsp3) is 0.231. The average Bonchev–Trinajstić information content (AvgIpc) is 2.39. The predicted octanol–water partition coefficient (Wildman–Crippen LogP) is 2.23. The van der Waals surface area contributed by atoms with E-state index in [2.05, 4.69) is 46.5 Å². The molecule has 0 unspecified atom stereocenters. The molecule has 2 aromatic rings. The number of benzene rings is 1. The van der Waals surface area contributed by atoms with Crippen LogP contribution in [0.4, 0.5) is 11.6 Å². The Balaban J connectivity index is 1.95. The number of nitrogen functional groups attached to an aromatic ring is 1. The quantitative estimate of drug-likeness (QED) is 0.842. The second kappa shape index (κ2) is 5.30. The minimum absolute atomic E-state index is 0.572. The van der Waals surface area contributed by atoms with Gasteiger partial charge in [0.05, 0.1) is 18.1 Å². The number of aromatic nitrogens is 2. The van der Waals surface area contributed by atoms with E-state index in [9.17, 15) is 0 Å². The number of nitrogens with two attached hydrogens (primary N) is 1. The summed E-state index contributed by atoms with van der Waals surface area (Å²) in [5.41, 5.74) is 8.64. The molecule has 0 fully saturated rings. The van der Waals surface area contributed by atoms with Crippen LogP contribution < -0.4 is 11.1 Å². The van der Waals surface area contributed by atoms with Gasteiger partial charge in [-0.15, -0.1) is 0 Å². The second-order valence-corrected chi connectivity index (χ2v) is 3.86. The molecule has 2 rings (SSSR count). The fourth-order valence-corrected chi connectivity index (χ4v) is 1.50. The highest BCUT2D eigenvalue weighted by Crippen LogP contribution is 2.07. The van der Waals surface area contributed by atoms with Gasteiger partial charge in [0.25, 0.3) is 0 Å². The summed E-state index contributed by atoms with van der Waals surface area (Å²) in [6, 6.07) is 8.51. The van der Waals surface area contributed by atoms with Crippen molar-refractivity contribution in [3.63, 3.8) is 0 Å². The number of hydrogen-bond acceptors (Lipinski definition) is 4. The van der Waals surface area contributed by atoms with E-state index in [0.717, 1.165) is 6.42 Å². The average molecular weight is 228 g/mol.